The van der Waals surface area contributed by atoms with Crippen molar-refractivity contribution in [3.63, 3.8) is 0 Å². The van der Waals surface area contributed by atoms with Crippen LogP contribution in [0, 0.1) is 0 Å². The molecule has 260 valence electrons. The van der Waals surface area contributed by atoms with Crippen LogP contribution < -0.4 is 5.32 Å². The summed E-state index contributed by atoms with van der Waals surface area (Å²) in [4.78, 5) is 29.1. The second-order valence-corrected chi connectivity index (χ2v) is 15.6. The van der Waals surface area contributed by atoms with E-state index in [2.05, 4.69) is 71.1 Å². The predicted molar refractivity (Wildman–Crippen MR) is 196 cm³/mol. The number of carbonyl (C=O) groups is 2. The van der Waals surface area contributed by atoms with Gasteiger partial charge < -0.3 is 19.7 Å². The second-order valence-electron chi connectivity index (χ2n) is 15.1. The van der Waals surface area contributed by atoms with Crippen LogP contribution in [0.1, 0.15) is 106 Å². The molecule has 1 N–H and O–H groups in total. The fourth-order valence-electron chi connectivity index (χ4n) is 6.39. The van der Waals surface area contributed by atoms with Gasteiger partial charge in [-0.25, -0.2) is 0 Å². The number of benzene rings is 3. The number of hydrogen-bond donors (Lipinski definition) is 1. The Labute approximate surface area is 293 Å². The molecule has 3 aromatic rings. The van der Waals surface area contributed by atoms with Crippen LogP contribution in [0.25, 0.3) is 0 Å². The smallest absolute Gasteiger partial charge is 0.251 e. The highest BCUT2D eigenvalue weighted by Gasteiger charge is 2.43. The van der Waals surface area contributed by atoms with Gasteiger partial charge in [0, 0.05) is 30.2 Å². The van der Waals surface area contributed by atoms with Crippen LogP contribution in [0.15, 0.2) is 72.8 Å². The van der Waals surface area contributed by atoms with Crippen LogP contribution >= 0.6 is 11.6 Å². The van der Waals surface area contributed by atoms with E-state index in [0.29, 0.717) is 56.6 Å². The Kier molecular flexibility index (Phi) is 13.3. The van der Waals surface area contributed by atoms with Gasteiger partial charge in [0.2, 0.25) is 5.91 Å². The fourth-order valence-corrected chi connectivity index (χ4v) is 6.52. The maximum Gasteiger partial charge on any atom is 0.251 e. The van der Waals surface area contributed by atoms with Crippen LogP contribution in [0.2, 0.25) is 5.02 Å². The highest BCUT2D eigenvalue weighted by molar-refractivity contribution is 6.30. The first-order valence-electron chi connectivity index (χ1n) is 17.5. The molecule has 2 amide bonds. The van der Waals surface area contributed by atoms with Gasteiger partial charge >= 0.3 is 0 Å². The quantitative estimate of drug-likeness (QED) is 0.174. The van der Waals surface area contributed by atoms with Crippen LogP contribution in [-0.4, -0.2) is 56.2 Å². The molecule has 0 unspecified atom stereocenters. The van der Waals surface area contributed by atoms with E-state index in [1.54, 1.807) is 0 Å². The Morgan fingerprint density at radius 1 is 0.729 bits per heavy atom. The first kappa shape index (κ1) is 37.6. The first-order valence-corrected chi connectivity index (χ1v) is 17.9. The van der Waals surface area contributed by atoms with E-state index in [4.69, 9.17) is 21.1 Å². The van der Waals surface area contributed by atoms with Crippen molar-refractivity contribution in [2.45, 2.75) is 96.4 Å². The summed E-state index contributed by atoms with van der Waals surface area (Å²) in [5.41, 5.74) is 4.81. The van der Waals surface area contributed by atoms with Crippen LogP contribution in [0.3, 0.4) is 0 Å². The van der Waals surface area contributed by atoms with Crippen molar-refractivity contribution in [2.24, 2.45) is 0 Å². The number of ether oxygens (including phenoxy) is 2. The summed E-state index contributed by atoms with van der Waals surface area (Å²) in [6.45, 7) is 16.1. The minimum atomic E-state index is -0.559. The Hall–Kier alpha value is -3.19. The molecule has 0 saturated heterocycles. The molecule has 7 heteroatoms. The number of rotatable bonds is 14. The van der Waals surface area contributed by atoms with E-state index in [0.717, 1.165) is 43.2 Å². The van der Waals surface area contributed by atoms with Gasteiger partial charge in [-0.15, -0.1) is 0 Å². The number of halogens is 1. The van der Waals surface area contributed by atoms with E-state index < -0.39 is 5.41 Å². The molecule has 1 aliphatic rings. The molecule has 0 bridgehead atoms. The molecule has 0 heterocycles. The second kappa shape index (κ2) is 17.0. The number of hydrogen-bond acceptors (Lipinski definition) is 4. The highest BCUT2D eigenvalue weighted by atomic mass is 35.5. The fraction of sp³-hybridized carbons (Fsp3) is 0.512. The molecule has 4 rings (SSSR count). The minimum absolute atomic E-state index is 0.0477. The van der Waals surface area contributed by atoms with Gasteiger partial charge in [0.15, 0.2) is 0 Å². The average Bonchev–Trinajstić information content (AvgIpc) is 3.06. The number of nitrogens with one attached hydrogen (secondary N) is 1. The lowest BCUT2D eigenvalue weighted by Gasteiger charge is -2.40. The maximum absolute atomic E-state index is 14.6. The lowest BCUT2D eigenvalue weighted by Crippen LogP contribution is -2.48. The summed E-state index contributed by atoms with van der Waals surface area (Å²) in [6.07, 6.45) is 4.87. The van der Waals surface area contributed by atoms with Crippen LogP contribution in [0.4, 0.5) is 0 Å². The SMILES string of the molecule is CC(C)(C)c1ccc(CN(CCOCCOCCNC(=O)c2ccc(C(C)(C)C)cc2)C(=O)C2(c3ccc(Cl)cc3)CCCCC2)cc1. The zero-order valence-corrected chi connectivity index (χ0v) is 30.6. The van der Waals surface area contributed by atoms with Crippen molar-refractivity contribution < 1.29 is 19.1 Å². The zero-order valence-electron chi connectivity index (χ0n) is 29.9. The Morgan fingerprint density at radius 3 is 1.83 bits per heavy atom. The standard InChI is InChI=1S/C41H55ClN2O4/c1-39(2,3)33-14-10-31(11-15-33)30-44(38(46)41(22-8-7-9-23-41)35-18-20-36(42)21-19-35)25-27-48-29-28-47-26-24-43-37(45)32-12-16-34(17-13-32)40(4,5)6/h10-21H,7-9,22-30H2,1-6H3,(H,43,45). The minimum Gasteiger partial charge on any atom is -0.377 e. The molecule has 0 atom stereocenters. The largest absolute Gasteiger partial charge is 0.377 e. The third kappa shape index (κ3) is 10.4. The molecule has 1 fully saturated rings. The Morgan fingerprint density at radius 2 is 1.27 bits per heavy atom. The molecule has 0 spiro atoms. The average molecular weight is 675 g/mol. The predicted octanol–water partition coefficient (Wildman–Crippen LogP) is 8.63. The summed E-state index contributed by atoms with van der Waals surface area (Å²) in [5, 5.41) is 3.59. The molecule has 48 heavy (non-hydrogen) atoms. The molecule has 1 saturated carbocycles. The third-order valence-electron chi connectivity index (χ3n) is 9.42. The van der Waals surface area contributed by atoms with Gasteiger partial charge in [0.1, 0.15) is 0 Å². The van der Waals surface area contributed by atoms with Gasteiger partial charge in [-0.3, -0.25) is 9.59 Å². The van der Waals surface area contributed by atoms with E-state index >= 15 is 0 Å². The summed E-state index contributed by atoms with van der Waals surface area (Å²) < 4.78 is 11.7. The molecular formula is C41H55ClN2O4. The first-order chi connectivity index (χ1) is 22.8. The van der Waals surface area contributed by atoms with E-state index in [1.165, 1.54) is 11.1 Å². The van der Waals surface area contributed by atoms with E-state index in [9.17, 15) is 9.59 Å². The number of carbonyl (C=O) groups excluding carboxylic acids is 2. The van der Waals surface area contributed by atoms with Crippen molar-refractivity contribution in [2.75, 3.05) is 39.5 Å². The van der Waals surface area contributed by atoms with Crippen molar-refractivity contribution in [1.29, 1.82) is 0 Å². The van der Waals surface area contributed by atoms with Crippen molar-refractivity contribution in [3.05, 3.63) is 106 Å². The molecule has 1 aliphatic carbocycles. The summed E-state index contributed by atoms with van der Waals surface area (Å²) in [5.74, 6) is 0.0514. The molecule has 0 aliphatic heterocycles. The van der Waals surface area contributed by atoms with Gasteiger partial charge in [0.25, 0.3) is 5.91 Å². The Bertz CT molecular complexity index is 1450. The monoisotopic (exact) mass is 674 g/mol. The van der Waals surface area contributed by atoms with Gasteiger partial charge in [-0.2, -0.15) is 0 Å². The summed E-state index contributed by atoms with van der Waals surface area (Å²) in [7, 11) is 0. The normalized spacial score (nSPS) is 14.8. The molecule has 0 radical (unpaired) electrons. The zero-order chi connectivity index (χ0) is 34.8. The van der Waals surface area contributed by atoms with Crippen molar-refractivity contribution in [3.8, 4) is 0 Å². The van der Waals surface area contributed by atoms with Gasteiger partial charge in [-0.1, -0.05) is 121 Å². The number of nitrogens with zero attached hydrogens (tertiary/aromatic N) is 1. The molecule has 0 aromatic heterocycles. The van der Waals surface area contributed by atoms with Crippen molar-refractivity contribution in [1.82, 2.24) is 10.2 Å². The van der Waals surface area contributed by atoms with E-state index in [1.807, 2.05) is 53.4 Å². The Balaban J connectivity index is 1.30. The van der Waals surface area contributed by atoms with E-state index in [-0.39, 0.29) is 22.6 Å². The van der Waals surface area contributed by atoms with Crippen molar-refractivity contribution >= 4 is 23.4 Å². The number of amides is 2. The molecule has 3 aromatic carbocycles. The maximum atomic E-state index is 14.6. The summed E-state index contributed by atoms with van der Waals surface area (Å²) in [6, 6.07) is 24.2. The molecular weight excluding hydrogens is 620 g/mol. The molecule has 6 nitrogen and oxygen atoms in total. The third-order valence-corrected chi connectivity index (χ3v) is 9.67. The van der Waals surface area contributed by atoms with Crippen LogP contribution in [-0.2, 0) is 37.1 Å². The lowest BCUT2D eigenvalue weighted by atomic mass is 9.68. The lowest BCUT2D eigenvalue weighted by molar-refractivity contribution is -0.140. The topological polar surface area (TPSA) is 67.9 Å². The van der Waals surface area contributed by atoms with Gasteiger partial charge in [0.05, 0.1) is 31.8 Å². The van der Waals surface area contributed by atoms with Crippen LogP contribution in [0.5, 0.6) is 0 Å². The van der Waals surface area contributed by atoms with Gasteiger partial charge in [-0.05, 0) is 70.2 Å². The summed E-state index contributed by atoms with van der Waals surface area (Å²) >= 11 is 6.24. The highest BCUT2D eigenvalue weighted by Crippen LogP contribution is 2.42.